The molecule has 0 aliphatic rings. The average molecular weight is 1180 g/mol. The number of nitrogens with zero attached hydrogens (tertiary/aromatic N) is 12. The predicted molar refractivity (Wildman–Crippen MR) is 296 cm³/mol. The van der Waals surface area contributed by atoms with E-state index in [2.05, 4.69) is 58.8 Å². The molecule has 4 aromatic carbocycles. The summed E-state index contributed by atoms with van der Waals surface area (Å²) in [5, 5.41) is 0. The van der Waals surface area contributed by atoms with Crippen molar-refractivity contribution < 1.29 is 33.7 Å². The summed E-state index contributed by atoms with van der Waals surface area (Å²) in [7, 11) is -15.3. The van der Waals surface area contributed by atoms with Gasteiger partial charge in [-0.1, -0.05) is 24.3 Å². The number of aromatic nitrogens is 8. The van der Waals surface area contributed by atoms with Crippen molar-refractivity contribution in [1.29, 1.82) is 0 Å². The van der Waals surface area contributed by atoms with Gasteiger partial charge in [0, 0.05) is 64.1 Å². The van der Waals surface area contributed by atoms with E-state index < -0.39 is 40.1 Å². The molecule has 0 aliphatic heterocycles. The molecule has 0 unspecified atom stereocenters. The molecule has 4 radical (unpaired) electrons. The van der Waals surface area contributed by atoms with Gasteiger partial charge in [0.05, 0.1) is 19.6 Å². The molecule has 77 heavy (non-hydrogen) atoms. The summed E-state index contributed by atoms with van der Waals surface area (Å²) in [4.78, 5) is 32.1. The van der Waals surface area contributed by atoms with Crippen LogP contribution >= 0.6 is 0 Å². The summed E-state index contributed by atoms with van der Waals surface area (Å²) >= 11 is 0. The second kappa shape index (κ2) is 26.1. The first kappa shape index (κ1) is 61.5. The molecule has 0 amide bonds. The predicted octanol–water partition coefficient (Wildman–Crippen LogP) is 7.90. The van der Waals surface area contributed by atoms with Crippen molar-refractivity contribution in [1.82, 2.24) is 39.9 Å². The number of sulfonamides is 4. The van der Waals surface area contributed by atoms with E-state index in [1.54, 1.807) is 79.7 Å². The van der Waals surface area contributed by atoms with Gasteiger partial charge < -0.3 is 62.8 Å². The van der Waals surface area contributed by atoms with Crippen LogP contribution in [0.2, 0.25) is 0 Å². The number of rotatable bonds is 12. The van der Waals surface area contributed by atoms with E-state index in [9.17, 15) is 33.7 Å². The molecule has 4 aromatic heterocycles. The quantitative estimate of drug-likeness (QED) is 0.0666. The third-order valence-electron chi connectivity index (χ3n) is 9.40. The number of nitrogen functional groups attached to an aromatic ring is 4. The molecule has 24 nitrogen and oxygen atoms in total. The van der Waals surface area contributed by atoms with E-state index in [-0.39, 0.29) is 61.0 Å². The fourth-order valence-electron chi connectivity index (χ4n) is 6.19. The first-order valence-corrected chi connectivity index (χ1v) is 27.9. The molecule has 8 rings (SSSR count). The van der Waals surface area contributed by atoms with E-state index in [1.807, 2.05) is 0 Å². The van der Waals surface area contributed by atoms with Crippen LogP contribution in [-0.4, -0.2) is 91.1 Å². The summed E-state index contributed by atoms with van der Waals surface area (Å²) in [5.41, 5.74) is 29.3. The van der Waals surface area contributed by atoms with Gasteiger partial charge in [0.25, 0.3) is 0 Å². The third-order valence-corrected chi connectivity index (χ3v) is 14.5. The smallest absolute Gasteiger partial charge is 0.229 e. The number of hydrogen-bond acceptors (Lipinski definition) is 20. The Labute approximate surface area is 458 Å². The van der Waals surface area contributed by atoms with Crippen molar-refractivity contribution in [3.63, 3.8) is 0 Å². The minimum absolute atomic E-state index is 0. The van der Waals surface area contributed by atoms with Crippen LogP contribution in [0.4, 0.5) is 46.5 Å². The number of hydrogen-bond donors (Lipinski definition) is 4. The molecule has 8 N–H and O–H groups in total. The van der Waals surface area contributed by atoms with Crippen molar-refractivity contribution in [2.24, 2.45) is 0 Å². The Kier molecular flexibility index (Phi) is 20.9. The Bertz CT molecular complexity index is 3210. The van der Waals surface area contributed by atoms with Gasteiger partial charge in [-0.25, -0.2) is 33.7 Å². The normalized spacial score (nSPS) is 11.1. The first-order chi connectivity index (χ1) is 35.5. The largest absolute Gasteiger partial charge is 0.399 e. The topological polar surface area (TPSA) is 400 Å². The molecular formula is C48H52GeN16O8S4-4. The standard InChI is InChI=1S/4C12H13N4O2S.Ge/c4*1-8-7-9(2)15-12(14-8)16-19(17,18)11-5-3-10(13)4-6-11;/h4*3-7H,13H2,1-2H3;/q4*-1;. The Morgan fingerprint density at radius 3 is 0.532 bits per heavy atom. The van der Waals surface area contributed by atoms with Crippen molar-refractivity contribution in [2.75, 3.05) is 22.9 Å². The molecule has 0 aliphatic carbocycles. The van der Waals surface area contributed by atoms with Gasteiger partial charge in [0.1, 0.15) is 0 Å². The second-order valence-electron chi connectivity index (χ2n) is 16.3. The fourth-order valence-corrected chi connectivity index (χ4v) is 9.72. The van der Waals surface area contributed by atoms with Crippen molar-refractivity contribution in [3.05, 3.63) is 186 Å². The van der Waals surface area contributed by atoms with Crippen LogP contribution in [-0.2, 0) is 40.1 Å². The minimum atomic E-state index is -3.82. The van der Waals surface area contributed by atoms with E-state index in [4.69, 9.17) is 22.9 Å². The zero-order valence-electron chi connectivity index (χ0n) is 42.6. The molecule has 0 saturated heterocycles. The van der Waals surface area contributed by atoms with Crippen molar-refractivity contribution >= 4 is 104 Å². The van der Waals surface area contributed by atoms with Gasteiger partial charge in [-0.15, -0.1) is 0 Å². The molecular weight excluding hydrogens is 1130 g/mol. The van der Waals surface area contributed by atoms with Gasteiger partial charge >= 0.3 is 0 Å². The fraction of sp³-hybridized carbons (Fsp3) is 0.167. The maximum atomic E-state index is 12.0. The molecule has 8 aromatic rings. The van der Waals surface area contributed by atoms with E-state index in [0.29, 0.717) is 68.3 Å². The van der Waals surface area contributed by atoms with Gasteiger partial charge in [0.2, 0.25) is 40.1 Å². The van der Waals surface area contributed by atoms with Gasteiger partial charge in [-0.2, -0.15) is 0 Å². The molecule has 404 valence electrons. The molecule has 0 fully saturated rings. The molecule has 0 saturated carbocycles. The molecule has 29 heteroatoms. The van der Waals surface area contributed by atoms with Crippen molar-refractivity contribution in [2.45, 2.75) is 75.0 Å². The summed E-state index contributed by atoms with van der Waals surface area (Å²) < 4.78 is 111. The Morgan fingerprint density at radius 1 is 0.273 bits per heavy atom. The maximum absolute atomic E-state index is 12.0. The summed E-state index contributed by atoms with van der Waals surface area (Å²) in [6.45, 7) is 14.0. The Hall–Kier alpha value is -8.06. The Morgan fingerprint density at radius 2 is 0.403 bits per heavy atom. The maximum Gasteiger partial charge on any atom is 0.229 e. The average Bonchev–Trinajstić information content (AvgIpc) is 3.28. The Balaban J connectivity index is 0.000000221. The number of benzene rings is 4. The summed E-state index contributed by atoms with van der Waals surface area (Å²) in [6, 6.07) is 30.2. The van der Waals surface area contributed by atoms with Crippen LogP contribution in [0.1, 0.15) is 45.6 Å². The van der Waals surface area contributed by atoms with Crippen LogP contribution < -0.4 is 22.9 Å². The zero-order chi connectivity index (χ0) is 56.2. The van der Waals surface area contributed by atoms with Gasteiger partial charge in [0.15, 0.2) is 0 Å². The van der Waals surface area contributed by atoms with Crippen LogP contribution in [0.3, 0.4) is 0 Å². The van der Waals surface area contributed by atoms with E-state index in [1.165, 1.54) is 97.1 Å². The number of aryl methyl sites for hydroxylation is 8. The van der Waals surface area contributed by atoms with E-state index >= 15 is 0 Å². The van der Waals surface area contributed by atoms with Crippen LogP contribution in [0, 0.1) is 55.4 Å². The van der Waals surface area contributed by atoms with E-state index in [0.717, 1.165) is 0 Å². The zero-order valence-corrected chi connectivity index (χ0v) is 48.0. The van der Waals surface area contributed by atoms with Crippen molar-refractivity contribution in [3.8, 4) is 0 Å². The first-order valence-electron chi connectivity index (χ1n) is 22.1. The second-order valence-corrected chi connectivity index (χ2v) is 22.8. The molecule has 4 heterocycles. The SMILES string of the molecule is Cc1cc(C)nc([N-]S(=O)(=O)c2ccc(N)cc2)n1.Cc1cc(C)nc([N-]S(=O)(=O)c2ccc(N)cc2)n1.Cc1cc(C)nc([N-]S(=O)(=O)c2ccc(N)cc2)n1.Cc1cc(C)nc([N-]S(=O)(=O)c2ccc(N)cc2)n1.[Ge]. The third kappa shape index (κ3) is 19.2. The number of nitrogens with two attached hydrogens (primary N) is 4. The van der Waals surface area contributed by atoms with Crippen LogP contribution in [0.5, 0.6) is 0 Å². The van der Waals surface area contributed by atoms with Gasteiger partial charge in [-0.3, -0.25) is 18.9 Å². The van der Waals surface area contributed by atoms with Gasteiger partial charge in [-0.05, 0) is 198 Å². The molecule has 0 spiro atoms. The number of anilines is 4. The van der Waals surface area contributed by atoms with Crippen LogP contribution in [0.15, 0.2) is 141 Å². The summed E-state index contributed by atoms with van der Waals surface area (Å²) in [6.07, 6.45) is 0. The summed E-state index contributed by atoms with van der Waals surface area (Å²) in [5.74, 6) is -0.243. The molecule has 0 bridgehead atoms. The monoisotopic (exact) mass is 1180 g/mol. The minimum Gasteiger partial charge on any atom is -0.399 e. The van der Waals surface area contributed by atoms with Crippen LogP contribution in [0.25, 0.3) is 18.9 Å². The molecule has 0 atom stereocenters.